The van der Waals surface area contributed by atoms with E-state index in [-0.39, 0.29) is 0 Å². The summed E-state index contributed by atoms with van der Waals surface area (Å²) in [4.78, 5) is 3.18. The zero-order chi connectivity index (χ0) is 21.3. The third kappa shape index (κ3) is 5.89. The molecular formula is C19H22B2I2N2O2P2. The van der Waals surface area contributed by atoms with Gasteiger partial charge in [-0.05, 0) is 0 Å². The zero-order valence-corrected chi connectivity index (χ0v) is 22.5. The Balaban J connectivity index is 1.73. The monoisotopic (exact) mass is 648 g/mol. The van der Waals surface area contributed by atoms with Gasteiger partial charge in [0.15, 0.2) is 0 Å². The van der Waals surface area contributed by atoms with Crippen molar-refractivity contribution in [3.05, 3.63) is 46.5 Å². The molecule has 0 radical (unpaired) electrons. The maximum atomic E-state index is 10.5. The van der Waals surface area contributed by atoms with Crippen molar-refractivity contribution in [3.63, 3.8) is 0 Å². The molecule has 1 aliphatic rings. The van der Waals surface area contributed by atoms with Crippen LogP contribution >= 0.6 is 53.8 Å². The Labute approximate surface area is 201 Å². The van der Waals surface area contributed by atoms with Crippen LogP contribution in [-0.4, -0.2) is 53.8 Å². The molecule has 2 unspecified atom stereocenters. The van der Waals surface area contributed by atoms with E-state index in [0.29, 0.717) is 24.6 Å². The van der Waals surface area contributed by atoms with Crippen molar-refractivity contribution in [2.75, 3.05) is 19.8 Å². The van der Waals surface area contributed by atoms with Crippen LogP contribution in [0.5, 0.6) is 11.5 Å². The normalized spacial score (nSPS) is 16.4. The van der Waals surface area contributed by atoms with Gasteiger partial charge in [0.2, 0.25) is 0 Å². The molecule has 10 heteroatoms. The molecule has 2 aromatic carbocycles. The average molecular weight is 648 g/mol. The fraction of sp³-hybridized carbons (Fsp3) is 0.368. The molecular weight excluding hydrogens is 626 g/mol. The first-order valence-electron chi connectivity index (χ1n) is 9.16. The van der Waals surface area contributed by atoms with Gasteiger partial charge in [-0.3, -0.25) is 0 Å². The fourth-order valence-electron chi connectivity index (χ4n) is 3.60. The summed E-state index contributed by atoms with van der Waals surface area (Å²) in [6.45, 7) is 7.83. The van der Waals surface area contributed by atoms with E-state index in [1.165, 1.54) is 0 Å². The summed E-state index contributed by atoms with van der Waals surface area (Å²) >= 11 is 4.51. The van der Waals surface area contributed by atoms with Gasteiger partial charge in [-0.15, -0.1) is 0 Å². The summed E-state index contributed by atoms with van der Waals surface area (Å²) in [6, 6.07) is 8.02. The Morgan fingerprint density at radius 2 is 1.21 bits per heavy atom. The summed E-state index contributed by atoms with van der Waals surface area (Å²) in [5, 5.41) is 23.2. The second kappa shape index (κ2) is 10.2. The summed E-state index contributed by atoms with van der Waals surface area (Å²) in [7, 11) is 12.2. The van der Waals surface area contributed by atoms with Crippen LogP contribution in [0.15, 0.2) is 24.3 Å². The van der Waals surface area contributed by atoms with Crippen molar-refractivity contribution in [1.82, 2.24) is 9.80 Å². The van der Waals surface area contributed by atoms with E-state index < -0.39 is 9.76 Å². The molecule has 29 heavy (non-hydrogen) atoms. The van der Waals surface area contributed by atoms with Crippen LogP contribution in [0.3, 0.4) is 0 Å². The van der Waals surface area contributed by atoms with Crippen molar-refractivity contribution in [1.29, 1.82) is 0 Å². The molecule has 2 N–H and O–H groups in total. The van der Waals surface area contributed by atoms with E-state index in [4.69, 9.17) is 14.0 Å². The number of phenols is 2. The number of phenolic OH excluding ortho intramolecular Hbond substituents is 2. The molecule has 2 aromatic rings. The fourth-order valence-corrected chi connectivity index (χ4v) is 6.46. The van der Waals surface area contributed by atoms with Crippen LogP contribution < -0.4 is 10.6 Å². The number of aromatic hydroxyl groups is 2. The first-order valence-corrected chi connectivity index (χ1v) is 17.6. The topological polar surface area (TPSA) is 46.9 Å². The Morgan fingerprint density at radius 1 is 0.828 bits per heavy atom. The quantitative estimate of drug-likeness (QED) is 0.299. The average Bonchev–Trinajstić information content (AvgIpc) is 3.09. The van der Waals surface area contributed by atoms with Crippen molar-refractivity contribution in [3.8, 4) is 11.5 Å². The van der Waals surface area contributed by atoms with Crippen LogP contribution in [0.2, 0.25) is 0 Å². The summed E-state index contributed by atoms with van der Waals surface area (Å²) in [6.07, 6.45) is 0. The van der Waals surface area contributed by atoms with E-state index in [1.54, 1.807) is 0 Å². The van der Waals surface area contributed by atoms with Crippen LogP contribution in [0.1, 0.15) is 22.3 Å². The predicted molar refractivity (Wildman–Crippen MR) is 144 cm³/mol. The van der Waals surface area contributed by atoms with Gasteiger partial charge in [-0.1, -0.05) is 0 Å². The van der Waals surface area contributed by atoms with E-state index in [0.717, 1.165) is 52.6 Å². The van der Waals surface area contributed by atoms with Gasteiger partial charge in [0.1, 0.15) is 0 Å². The summed E-state index contributed by atoms with van der Waals surface area (Å²) in [5.74, 6) is 0.722. The SMILES string of the molecule is B#P(I)c1cc(C)c(O)c(CN2CCN(Cc3cc(P(#B)I)cc(C)c3O)C2)c1. The van der Waals surface area contributed by atoms with Crippen molar-refractivity contribution >= 4 is 78.5 Å². The third-order valence-electron chi connectivity index (χ3n) is 5.14. The van der Waals surface area contributed by atoms with Gasteiger partial charge in [0, 0.05) is 0 Å². The molecule has 0 spiro atoms. The Morgan fingerprint density at radius 3 is 1.55 bits per heavy atom. The molecule has 1 heterocycles. The van der Waals surface area contributed by atoms with Gasteiger partial charge in [0.05, 0.1) is 0 Å². The molecule has 0 aromatic heterocycles. The molecule has 4 nitrogen and oxygen atoms in total. The van der Waals surface area contributed by atoms with Crippen LogP contribution in [0.4, 0.5) is 0 Å². The van der Waals surface area contributed by atoms with E-state index in [2.05, 4.69) is 53.9 Å². The minimum absolute atomic E-state index is 0.361. The summed E-state index contributed by atoms with van der Waals surface area (Å²) in [5.41, 5.74) is 3.60. The maximum absolute atomic E-state index is 10.5. The van der Waals surface area contributed by atoms with Gasteiger partial charge in [-0.25, -0.2) is 0 Å². The molecule has 3 rings (SSSR count). The molecule has 1 aliphatic heterocycles. The Hall–Kier alpha value is 0.150. The second-order valence-corrected chi connectivity index (χ2v) is 15.9. The molecule has 0 bridgehead atoms. The van der Waals surface area contributed by atoms with Gasteiger partial charge >= 0.3 is 203 Å². The van der Waals surface area contributed by atoms with E-state index >= 15 is 0 Å². The van der Waals surface area contributed by atoms with E-state index in [9.17, 15) is 10.2 Å². The minimum atomic E-state index is -0.723. The van der Waals surface area contributed by atoms with Crippen LogP contribution in [0.25, 0.3) is 0 Å². The Kier molecular flexibility index (Phi) is 8.36. The molecule has 0 aliphatic carbocycles. The van der Waals surface area contributed by atoms with E-state index in [1.807, 2.05) is 38.1 Å². The zero-order valence-electron chi connectivity index (χ0n) is 16.4. The first-order chi connectivity index (χ1) is 13.7. The molecule has 0 amide bonds. The first kappa shape index (κ1) is 23.8. The number of nitrogens with zero attached hydrogens (tertiary/aromatic N) is 2. The number of halogens is 2. The van der Waals surface area contributed by atoms with Crippen molar-refractivity contribution < 1.29 is 10.2 Å². The van der Waals surface area contributed by atoms with Crippen molar-refractivity contribution in [2.45, 2.75) is 26.9 Å². The molecule has 1 saturated heterocycles. The standard InChI is InChI=1S/C19H22B2I2N2O2P2/c1-12-5-16(28(20)22)7-14(18(12)26)9-24-3-4-25(11-24)10-15-8-17(29(21)23)6-13(2)19(15)27/h5-8,26-27H,3-4,9-11H2,1-2H3. The van der Waals surface area contributed by atoms with Gasteiger partial charge < -0.3 is 0 Å². The number of rotatable bonds is 4. The van der Waals surface area contributed by atoms with Crippen LogP contribution in [0, 0.1) is 13.8 Å². The number of hydrogen-bond acceptors (Lipinski definition) is 4. The molecule has 150 valence electrons. The Bertz CT molecular complexity index is 1010. The van der Waals surface area contributed by atoms with Crippen molar-refractivity contribution in [2.24, 2.45) is 0 Å². The molecule has 2 atom stereocenters. The van der Waals surface area contributed by atoms with Gasteiger partial charge in [-0.2, -0.15) is 0 Å². The number of hydrogen-bond donors (Lipinski definition) is 2. The predicted octanol–water partition coefficient (Wildman–Crippen LogP) is 4.07. The second-order valence-electron chi connectivity index (χ2n) is 7.41. The third-order valence-corrected chi connectivity index (χ3v) is 9.99. The molecule has 0 saturated carbocycles. The van der Waals surface area contributed by atoms with Gasteiger partial charge in [0.25, 0.3) is 0 Å². The summed E-state index contributed by atoms with van der Waals surface area (Å²) < 4.78 is 0. The number of aryl methyl sites for hydroxylation is 2. The molecule has 1 fully saturated rings. The number of benzene rings is 2. The van der Waals surface area contributed by atoms with Crippen LogP contribution in [-0.2, 0) is 13.1 Å².